The Hall–Kier alpha value is -3.07. The van der Waals surface area contributed by atoms with E-state index in [2.05, 4.69) is 33.6 Å². The first-order valence-electron chi connectivity index (χ1n) is 8.71. The van der Waals surface area contributed by atoms with Crippen LogP contribution in [0, 0.1) is 0 Å². The van der Waals surface area contributed by atoms with Crippen molar-refractivity contribution >= 4 is 48.2 Å². The second kappa shape index (κ2) is 14.0. The fraction of sp³-hybridized carbons (Fsp3) is 0.600. The molecule has 0 saturated carbocycles. The molecule has 0 aromatic rings. The molecule has 170 valence electrons. The van der Waals surface area contributed by atoms with Gasteiger partial charge in [-0.05, 0) is 12.8 Å². The molecule has 0 aliphatic carbocycles. The number of carbonyl (C=O) groups is 5. The molecule has 0 spiro atoms. The van der Waals surface area contributed by atoms with E-state index in [1.165, 1.54) is 0 Å². The number of guanidine groups is 1. The lowest BCUT2D eigenvalue weighted by atomic mass is 10.1. The van der Waals surface area contributed by atoms with Gasteiger partial charge >= 0.3 is 11.9 Å². The molecule has 0 bridgehead atoms. The number of nitrogens with two attached hydrogens (primary N) is 3. The SMILES string of the molecule is NC(N)=NCCC[C@H](N)C(=O)NCC(=O)N[C@H](CC(=O)O)C(=O)N[C@H](CS)C(=O)O. The van der Waals surface area contributed by atoms with E-state index < -0.39 is 60.8 Å². The van der Waals surface area contributed by atoms with Crippen LogP contribution >= 0.6 is 12.6 Å². The lowest BCUT2D eigenvalue weighted by Gasteiger charge is -2.20. The van der Waals surface area contributed by atoms with Gasteiger partial charge in [0.15, 0.2) is 5.96 Å². The van der Waals surface area contributed by atoms with Crippen molar-refractivity contribution in [3.8, 4) is 0 Å². The van der Waals surface area contributed by atoms with E-state index in [4.69, 9.17) is 27.4 Å². The van der Waals surface area contributed by atoms with Crippen LogP contribution in [0.2, 0.25) is 0 Å². The van der Waals surface area contributed by atoms with Crippen molar-refractivity contribution in [2.24, 2.45) is 22.2 Å². The van der Waals surface area contributed by atoms with E-state index in [9.17, 15) is 24.0 Å². The van der Waals surface area contributed by atoms with Crippen molar-refractivity contribution in [2.75, 3.05) is 18.8 Å². The minimum absolute atomic E-state index is 0.0892. The molecule has 15 heteroatoms. The van der Waals surface area contributed by atoms with Gasteiger partial charge in [0.05, 0.1) is 19.0 Å². The van der Waals surface area contributed by atoms with Gasteiger partial charge in [0.25, 0.3) is 0 Å². The third kappa shape index (κ3) is 11.7. The van der Waals surface area contributed by atoms with Crippen molar-refractivity contribution in [1.82, 2.24) is 16.0 Å². The first-order valence-corrected chi connectivity index (χ1v) is 9.35. The van der Waals surface area contributed by atoms with E-state index in [0.29, 0.717) is 6.42 Å². The van der Waals surface area contributed by atoms with Crippen LogP contribution in [0.3, 0.4) is 0 Å². The average Bonchev–Trinajstić information content (AvgIpc) is 2.65. The number of carboxylic acids is 2. The van der Waals surface area contributed by atoms with Gasteiger partial charge in [0.2, 0.25) is 17.7 Å². The van der Waals surface area contributed by atoms with E-state index >= 15 is 0 Å². The molecule has 0 rings (SSSR count). The lowest BCUT2D eigenvalue weighted by Crippen LogP contribution is -2.54. The number of carboxylic acid groups (broad SMARTS) is 2. The maximum Gasteiger partial charge on any atom is 0.327 e. The summed E-state index contributed by atoms with van der Waals surface area (Å²) in [6, 6.07) is -3.86. The van der Waals surface area contributed by atoms with Crippen LogP contribution in [-0.4, -0.2) is 82.8 Å². The van der Waals surface area contributed by atoms with Crippen molar-refractivity contribution in [1.29, 1.82) is 0 Å². The summed E-state index contributed by atoms with van der Waals surface area (Å²) in [6.45, 7) is -0.293. The average molecular weight is 449 g/mol. The molecule has 0 radical (unpaired) electrons. The highest BCUT2D eigenvalue weighted by atomic mass is 32.1. The first-order chi connectivity index (χ1) is 14.0. The molecule has 3 amide bonds. The first kappa shape index (κ1) is 26.9. The Bertz CT molecular complexity index is 670. The van der Waals surface area contributed by atoms with Crippen LogP contribution in [-0.2, 0) is 24.0 Å². The van der Waals surface area contributed by atoms with Gasteiger partial charge in [-0.25, -0.2) is 4.79 Å². The van der Waals surface area contributed by atoms with Crippen LogP contribution in [0.4, 0.5) is 0 Å². The van der Waals surface area contributed by atoms with Gasteiger partial charge in [-0.3, -0.25) is 24.2 Å². The lowest BCUT2D eigenvalue weighted by molar-refractivity contribution is -0.143. The van der Waals surface area contributed by atoms with Crippen LogP contribution in [0.5, 0.6) is 0 Å². The van der Waals surface area contributed by atoms with E-state index in [-0.39, 0.29) is 24.7 Å². The number of aliphatic imine (C=N–C) groups is 1. The second-order valence-electron chi connectivity index (χ2n) is 6.07. The molecule has 0 aromatic heterocycles. The minimum atomic E-state index is -1.55. The highest BCUT2D eigenvalue weighted by Gasteiger charge is 2.28. The number of hydrogen-bond donors (Lipinski definition) is 9. The van der Waals surface area contributed by atoms with Gasteiger partial charge in [0, 0.05) is 12.3 Å². The van der Waals surface area contributed by atoms with Crippen molar-refractivity contribution in [3.63, 3.8) is 0 Å². The number of aliphatic carboxylic acids is 2. The monoisotopic (exact) mass is 449 g/mol. The highest BCUT2D eigenvalue weighted by molar-refractivity contribution is 7.80. The predicted octanol–water partition coefficient (Wildman–Crippen LogP) is -4.06. The summed E-state index contributed by atoms with van der Waals surface area (Å²) in [4.78, 5) is 61.6. The van der Waals surface area contributed by atoms with Crippen molar-refractivity contribution in [3.05, 3.63) is 0 Å². The smallest absolute Gasteiger partial charge is 0.327 e. The third-order valence-corrected chi connectivity index (χ3v) is 3.92. The molecule has 0 unspecified atom stereocenters. The van der Waals surface area contributed by atoms with Gasteiger partial charge in [0.1, 0.15) is 12.1 Å². The molecule has 0 saturated heterocycles. The fourth-order valence-corrected chi connectivity index (χ4v) is 2.28. The molecule has 0 heterocycles. The number of thiol groups is 1. The Morgan fingerprint density at radius 3 is 2.13 bits per heavy atom. The summed E-state index contributed by atoms with van der Waals surface area (Å²) in [5.41, 5.74) is 16.0. The molecule has 14 nitrogen and oxygen atoms in total. The number of hydrogen-bond acceptors (Lipinski definition) is 8. The van der Waals surface area contributed by atoms with Crippen molar-refractivity contribution in [2.45, 2.75) is 37.4 Å². The molecule has 3 atom stereocenters. The zero-order valence-electron chi connectivity index (χ0n) is 16.0. The Labute approximate surface area is 177 Å². The largest absolute Gasteiger partial charge is 0.481 e. The summed E-state index contributed by atoms with van der Waals surface area (Å²) in [6.07, 6.45) is -0.126. The minimum Gasteiger partial charge on any atom is -0.481 e. The van der Waals surface area contributed by atoms with Crippen LogP contribution in [0.1, 0.15) is 19.3 Å². The Kier molecular flexibility index (Phi) is 12.6. The summed E-state index contributed by atoms with van der Waals surface area (Å²) >= 11 is 3.78. The molecule has 11 N–H and O–H groups in total. The van der Waals surface area contributed by atoms with Gasteiger partial charge < -0.3 is 43.4 Å². The van der Waals surface area contributed by atoms with Crippen molar-refractivity contribution < 1.29 is 34.2 Å². The molecule has 0 aromatic carbocycles. The Morgan fingerprint density at radius 2 is 1.63 bits per heavy atom. The summed E-state index contributed by atoms with van der Waals surface area (Å²) in [5, 5.41) is 24.3. The summed E-state index contributed by atoms with van der Waals surface area (Å²) in [7, 11) is 0. The molecular formula is C15H27N7O7S. The Balaban J connectivity index is 4.66. The Morgan fingerprint density at radius 1 is 1.00 bits per heavy atom. The highest BCUT2D eigenvalue weighted by Crippen LogP contribution is 1.98. The fourth-order valence-electron chi connectivity index (χ4n) is 2.04. The number of rotatable bonds is 14. The predicted molar refractivity (Wildman–Crippen MR) is 108 cm³/mol. The summed E-state index contributed by atoms with van der Waals surface area (Å²) < 4.78 is 0. The quantitative estimate of drug-likeness (QED) is 0.0536. The van der Waals surface area contributed by atoms with E-state index in [1.807, 2.05) is 0 Å². The van der Waals surface area contributed by atoms with Gasteiger partial charge in [-0.15, -0.1) is 0 Å². The number of nitrogens with zero attached hydrogens (tertiary/aromatic N) is 1. The molecular weight excluding hydrogens is 422 g/mol. The normalized spacial score (nSPS) is 13.3. The zero-order valence-corrected chi connectivity index (χ0v) is 16.9. The topological polar surface area (TPSA) is 252 Å². The number of carbonyl (C=O) groups excluding carboxylic acids is 3. The number of nitrogens with one attached hydrogen (secondary N) is 3. The number of amides is 3. The summed E-state index contributed by atoms with van der Waals surface area (Å²) in [5.74, 6) is -5.64. The standard InChI is InChI=1S/C15H27N7O7S/c16-7(2-1-3-19-15(17)18)12(26)20-5-10(23)21-8(4-11(24)25)13(27)22-9(6-30)14(28)29/h7-9,30H,1-6,16H2,(H,20,26)(H,21,23)(H,22,27)(H,24,25)(H,28,29)(H4,17,18,19)/t7-,8+,9+/m0/s1. The second-order valence-corrected chi connectivity index (χ2v) is 6.44. The third-order valence-electron chi connectivity index (χ3n) is 3.56. The maximum absolute atomic E-state index is 12.1. The van der Waals surface area contributed by atoms with Crippen LogP contribution in [0.25, 0.3) is 0 Å². The van der Waals surface area contributed by atoms with E-state index in [1.54, 1.807) is 0 Å². The molecule has 0 fully saturated rings. The van der Waals surface area contributed by atoms with Gasteiger partial charge in [-0.2, -0.15) is 12.6 Å². The van der Waals surface area contributed by atoms with Gasteiger partial charge in [-0.1, -0.05) is 0 Å². The van der Waals surface area contributed by atoms with Crippen LogP contribution in [0.15, 0.2) is 4.99 Å². The molecule has 0 aliphatic heterocycles. The zero-order chi connectivity index (χ0) is 23.3. The van der Waals surface area contributed by atoms with E-state index in [0.717, 1.165) is 0 Å². The molecule has 0 aliphatic rings. The maximum atomic E-state index is 12.1. The molecule has 30 heavy (non-hydrogen) atoms. The van der Waals surface area contributed by atoms with Crippen LogP contribution < -0.4 is 33.2 Å².